The highest BCUT2D eigenvalue weighted by molar-refractivity contribution is 7.12. The predicted octanol–water partition coefficient (Wildman–Crippen LogP) is 1.77. The Morgan fingerprint density at radius 3 is 2.60 bits per heavy atom. The molecular weight excluding hydrogens is 208 g/mol. The molecule has 1 aromatic rings. The molecule has 3 nitrogen and oxygen atoms in total. The highest BCUT2D eigenvalue weighted by atomic mass is 32.1. The van der Waals surface area contributed by atoms with E-state index < -0.39 is 0 Å². The van der Waals surface area contributed by atoms with Crippen molar-refractivity contribution in [1.82, 2.24) is 9.80 Å². The van der Waals surface area contributed by atoms with Gasteiger partial charge in [-0.1, -0.05) is 6.07 Å². The fraction of sp³-hybridized carbons (Fsp3) is 0.545. The molecule has 0 aliphatic heterocycles. The highest BCUT2D eigenvalue weighted by Gasteiger charge is 2.11. The van der Waals surface area contributed by atoms with Crippen LogP contribution in [-0.4, -0.2) is 49.9 Å². The van der Waals surface area contributed by atoms with Gasteiger partial charge in [0.1, 0.15) is 0 Å². The zero-order valence-electron chi connectivity index (χ0n) is 9.56. The molecule has 0 radical (unpaired) electrons. The molecule has 0 N–H and O–H groups in total. The van der Waals surface area contributed by atoms with Crippen molar-refractivity contribution in [3.05, 3.63) is 22.4 Å². The average molecular weight is 226 g/mol. The molecule has 84 valence electrons. The molecule has 1 rings (SSSR count). The fourth-order valence-electron chi connectivity index (χ4n) is 1.31. The van der Waals surface area contributed by atoms with Crippen LogP contribution in [0.5, 0.6) is 0 Å². The Labute approximate surface area is 95.3 Å². The van der Waals surface area contributed by atoms with Gasteiger partial charge in [-0.2, -0.15) is 0 Å². The quantitative estimate of drug-likeness (QED) is 0.764. The summed E-state index contributed by atoms with van der Waals surface area (Å²) in [5.41, 5.74) is 0. The van der Waals surface area contributed by atoms with E-state index in [0.29, 0.717) is 0 Å². The van der Waals surface area contributed by atoms with Crippen LogP contribution in [0.4, 0.5) is 0 Å². The Balaban J connectivity index is 2.34. The molecule has 0 fully saturated rings. The van der Waals surface area contributed by atoms with Gasteiger partial charge in [0, 0.05) is 13.6 Å². The van der Waals surface area contributed by atoms with Gasteiger partial charge in [-0.15, -0.1) is 11.3 Å². The molecule has 0 saturated carbocycles. The van der Waals surface area contributed by atoms with Gasteiger partial charge in [-0.25, -0.2) is 0 Å². The Hall–Kier alpha value is -0.870. The Bertz CT molecular complexity index is 296. The summed E-state index contributed by atoms with van der Waals surface area (Å²) < 4.78 is 0. The minimum atomic E-state index is 0.128. The molecule has 0 aliphatic carbocycles. The lowest BCUT2D eigenvalue weighted by atomic mass is 10.3. The maximum atomic E-state index is 11.8. The molecule has 4 heteroatoms. The predicted molar refractivity (Wildman–Crippen MR) is 64.5 cm³/mol. The first-order valence-electron chi connectivity index (χ1n) is 5.05. The molecule has 0 spiro atoms. The van der Waals surface area contributed by atoms with E-state index in [4.69, 9.17) is 0 Å². The maximum Gasteiger partial charge on any atom is 0.263 e. The van der Waals surface area contributed by atoms with Crippen LogP contribution in [0.25, 0.3) is 0 Å². The normalized spacial score (nSPS) is 10.7. The first-order valence-corrected chi connectivity index (χ1v) is 5.93. The van der Waals surface area contributed by atoms with Crippen molar-refractivity contribution in [1.29, 1.82) is 0 Å². The smallest absolute Gasteiger partial charge is 0.263 e. The van der Waals surface area contributed by atoms with Crippen LogP contribution in [-0.2, 0) is 0 Å². The van der Waals surface area contributed by atoms with Gasteiger partial charge in [0.15, 0.2) is 0 Å². The lowest BCUT2D eigenvalue weighted by molar-refractivity contribution is 0.0795. The van der Waals surface area contributed by atoms with E-state index in [9.17, 15) is 4.79 Å². The molecule has 1 heterocycles. The van der Waals surface area contributed by atoms with Crippen molar-refractivity contribution < 1.29 is 4.79 Å². The van der Waals surface area contributed by atoms with Gasteiger partial charge in [-0.3, -0.25) is 4.79 Å². The molecule has 0 aliphatic rings. The van der Waals surface area contributed by atoms with E-state index in [2.05, 4.69) is 4.90 Å². The third kappa shape index (κ3) is 4.01. The summed E-state index contributed by atoms with van der Waals surface area (Å²) in [6, 6.07) is 3.78. The molecule has 0 bridgehead atoms. The number of rotatable bonds is 5. The second kappa shape index (κ2) is 5.88. The Kier molecular flexibility index (Phi) is 4.78. The molecule has 15 heavy (non-hydrogen) atoms. The highest BCUT2D eigenvalue weighted by Crippen LogP contribution is 2.11. The molecule has 1 aromatic heterocycles. The van der Waals surface area contributed by atoms with Gasteiger partial charge >= 0.3 is 0 Å². The number of nitrogens with zero attached hydrogens (tertiary/aromatic N) is 2. The SMILES string of the molecule is CN(C)CCCN(C)C(=O)c1cccs1. The molecule has 0 atom stereocenters. The van der Waals surface area contributed by atoms with Crippen molar-refractivity contribution in [3.63, 3.8) is 0 Å². The minimum Gasteiger partial charge on any atom is -0.341 e. The zero-order chi connectivity index (χ0) is 11.3. The van der Waals surface area contributed by atoms with Crippen molar-refractivity contribution in [2.75, 3.05) is 34.2 Å². The summed E-state index contributed by atoms with van der Waals surface area (Å²) in [7, 11) is 5.94. The largest absolute Gasteiger partial charge is 0.341 e. The van der Waals surface area contributed by atoms with Crippen molar-refractivity contribution in [3.8, 4) is 0 Å². The number of hydrogen-bond donors (Lipinski definition) is 0. The second-order valence-electron chi connectivity index (χ2n) is 3.86. The number of amides is 1. The number of hydrogen-bond acceptors (Lipinski definition) is 3. The third-order valence-electron chi connectivity index (χ3n) is 2.18. The maximum absolute atomic E-state index is 11.8. The van der Waals surface area contributed by atoms with E-state index in [-0.39, 0.29) is 5.91 Å². The molecular formula is C11H18N2OS. The summed E-state index contributed by atoms with van der Waals surface area (Å²) in [6.45, 7) is 1.83. The summed E-state index contributed by atoms with van der Waals surface area (Å²) in [5.74, 6) is 0.128. The van der Waals surface area contributed by atoms with Gasteiger partial charge in [0.2, 0.25) is 0 Å². The van der Waals surface area contributed by atoms with Crippen LogP contribution < -0.4 is 0 Å². The minimum absolute atomic E-state index is 0.128. The van der Waals surface area contributed by atoms with Crippen LogP contribution in [0.15, 0.2) is 17.5 Å². The number of carbonyl (C=O) groups is 1. The Morgan fingerprint density at radius 2 is 2.07 bits per heavy atom. The molecule has 1 amide bonds. The number of thiophene rings is 1. The Morgan fingerprint density at radius 1 is 1.33 bits per heavy atom. The molecule has 0 unspecified atom stereocenters. The summed E-state index contributed by atoms with van der Waals surface area (Å²) >= 11 is 1.50. The summed E-state index contributed by atoms with van der Waals surface area (Å²) in [6.07, 6.45) is 1.01. The van der Waals surface area contributed by atoms with Crippen LogP contribution in [0.3, 0.4) is 0 Å². The van der Waals surface area contributed by atoms with E-state index >= 15 is 0 Å². The first kappa shape index (κ1) is 12.2. The van der Waals surface area contributed by atoms with Gasteiger partial charge in [-0.05, 0) is 38.5 Å². The van der Waals surface area contributed by atoms with Crippen LogP contribution in [0.1, 0.15) is 16.1 Å². The average Bonchev–Trinajstić information content (AvgIpc) is 2.68. The van der Waals surface area contributed by atoms with Crippen molar-refractivity contribution >= 4 is 17.2 Å². The topological polar surface area (TPSA) is 23.6 Å². The lowest BCUT2D eigenvalue weighted by Crippen LogP contribution is -2.29. The van der Waals surface area contributed by atoms with E-state index in [0.717, 1.165) is 24.4 Å². The van der Waals surface area contributed by atoms with Crippen LogP contribution in [0.2, 0.25) is 0 Å². The van der Waals surface area contributed by atoms with E-state index in [1.807, 2.05) is 38.7 Å². The first-order chi connectivity index (χ1) is 7.11. The van der Waals surface area contributed by atoms with E-state index in [1.54, 1.807) is 4.90 Å². The third-order valence-corrected chi connectivity index (χ3v) is 3.04. The number of carbonyl (C=O) groups excluding carboxylic acids is 1. The van der Waals surface area contributed by atoms with Gasteiger partial charge in [0.25, 0.3) is 5.91 Å². The molecule has 0 aromatic carbocycles. The van der Waals surface area contributed by atoms with E-state index in [1.165, 1.54) is 11.3 Å². The second-order valence-corrected chi connectivity index (χ2v) is 4.81. The summed E-state index contributed by atoms with van der Waals surface area (Å²) in [4.78, 5) is 16.5. The summed E-state index contributed by atoms with van der Waals surface area (Å²) in [5, 5.41) is 1.93. The van der Waals surface area contributed by atoms with Crippen LogP contribution >= 0.6 is 11.3 Å². The van der Waals surface area contributed by atoms with Gasteiger partial charge < -0.3 is 9.80 Å². The van der Waals surface area contributed by atoms with Crippen LogP contribution in [0, 0.1) is 0 Å². The lowest BCUT2D eigenvalue weighted by Gasteiger charge is -2.17. The fourth-order valence-corrected chi connectivity index (χ4v) is 2.03. The van der Waals surface area contributed by atoms with Crippen molar-refractivity contribution in [2.24, 2.45) is 0 Å². The van der Waals surface area contributed by atoms with Gasteiger partial charge in [0.05, 0.1) is 4.88 Å². The standard InChI is InChI=1S/C11H18N2OS/c1-12(2)7-5-8-13(3)11(14)10-6-4-9-15-10/h4,6,9H,5,7-8H2,1-3H3. The monoisotopic (exact) mass is 226 g/mol. The van der Waals surface area contributed by atoms with Crippen molar-refractivity contribution in [2.45, 2.75) is 6.42 Å². The molecule has 0 saturated heterocycles. The zero-order valence-corrected chi connectivity index (χ0v) is 10.4.